The maximum absolute atomic E-state index is 12.7. The highest BCUT2D eigenvalue weighted by Gasteiger charge is 2.36. The van der Waals surface area contributed by atoms with Crippen molar-refractivity contribution in [3.05, 3.63) is 46.6 Å². The van der Waals surface area contributed by atoms with Crippen LogP contribution in [0.15, 0.2) is 28.8 Å². The second-order valence-corrected chi connectivity index (χ2v) is 6.37. The van der Waals surface area contributed by atoms with Crippen LogP contribution < -0.4 is 0 Å². The fraction of sp³-hybridized carbons (Fsp3) is 0.438. The monoisotopic (exact) mass is 317 g/mol. The number of rotatable bonds is 3. The molecule has 1 saturated heterocycles. The third kappa shape index (κ3) is 2.50. The number of nitrogens with zero attached hydrogens (tertiary/aromatic N) is 3. The lowest BCUT2D eigenvalue weighted by Gasteiger charge is -2.22. The molecule has 1 unspecified atom stereocenters. The van der Waals surface area contributed by atoms with E-state index in [0.29, 0.717) is 28.9 Å². The summed E-state index contributed by atoms with van der Waals surface area (Å²) < 4.78 is 5.41. The van der Waals surface area contributed by atoms with E-state index in [1.54, 1.807) is 24.3 Å². The Balaban J connectivity index is 1.58. The average Bonchev–Trinajstić information content (AvgIpc) is 3.07. The van der Waals surface area contributed by atoms with Gasteiger partial charge in [0.1, 0.15) is 6.04 Å². The molecule has 6 heteroatoms. The van der Waals surface area contributed by atoms with Crippen molar-refractivity contribution < 1.29 is 9.32 Å². The molecule has 0 bridgehead atoms. The Morgan fingerprint density at radius 1 is 1.32 bits per heavy atom. The first kappa shape index (κ1) is 13.8. The van der Waals surface area contributed by atoms with Gasteiger partial charge in [0.25, 0.3) is 5.91 Å². The molecular weight excluding hydrogens is 302 g/mol. The van der Waals surface area contributed by atoms with Crippen LogP contribution in [0.1, 0.15) is 59.7 Å². The number of amides is 1. The molecule has 2 aromatic rings. The molecular formula is C16H16ClN3O2. The van der Waals surface area contributed by atoms with Gasteiger partial charge in [-0.3, -0.25) is 4.79 Å². The van der Waals surface area contributed by atoms with Crippen LogP contribution in [0.3, 0.4) is 0 Å². The van der Waals surface area contributed by atoms with E-state index in [-0.39, 0.29) is 11.9 Å². The number of hydrogen-bond acceptors (Lipinski definition) is 4. The van der Waals surface area contributed by atoms with Crippen LogP contribution in [-0.2, 0) is 0 Å². The number of likely N-dealkylation sites (tertiary alicyclic amines) is 1. The van der Waals surface area contributed by atoms with E-state index in [2.05, 4.69) is 10.1 Å². The molecule has 114 valence electrons. The summed E-state index contributed by atoms with van der Waals surface area (Å²) >= 11 is 5.98. The van der Waals surface area contributed by atoms with Crippen molar-refractivity contribution >= 4 is 17.5 Å². The van der Waals surface area contributed by atoms with Crippen molar-refractivity contribution in [1.29, 1.82) is 0 Å². The van der Waals surface area contributed by atoms with Gasteiger partial charge in [0.15, 0.2) is 5.82 Å². The Kier molecular flexibility index (Phi) is 3.37. The Bertz CT molecular complexity index is 711. The second kappa shape index (κ2) is 5.39. The Morgan fingerprint density at radius 3 is 2.95 bits per heavy atom. The van der Waals surface area contributed by atoms with Crippen molar-refractivity contribution in [2.24, 2.45) is 0 Å². The summed E-state index contributed by atoms with van der Waals surface area (Å²) in [4.78, 5) is 19.0. The fourth-order valence-electron chi connectivity index (χ4n) is 2.94. The molecule has 1 atom stereocenters. The zero-order valence-electron chi connectivity index (χ0n) is 12.0. The quantitative estimate of drug-likeness (QED) is 0.868. The van der Waals surface area contributed by atoms with E-state index in [4.69, 9.17) is 16.1 Å². The lowest BCUT2D eigenvalue weighted by Crippen LogP contribution is -2.30. The predicted molar refractivity (Wildman–Crippen MR) is 80.7 cm³/mol. The summed E-state index contributed by atoms with van der Waals surface area (Å²) in [5.41, 5.74) is 0.598. The first-order valence-electron chi connectivity index (χ1n) is 7.62. The molecule has 5 nitrogen and oxygen atoms in total. The van der Waals surface area contributed by atoms with Gasteiger partial charge in [-0.05, 0) is 43.9 Å². The molecule has 2 aliphatic rings. The lowest BCUT2D eigenvalue weighted by atomic mass is 10.1. The number of carbonyl (C=O) groups is 1. The van der Waals surface area contributed by atoms with Crippen molar-refractivity contribution in [1.82, 2.24) is 15.0 Å². The Morgan fingerprint density at radius 2 is 2.18 bits per heavy atom. The normalized spacial score (nSPS) is 21.3. The Hall–Kier alpha value is -1.88. The van der Waals surface area contributed by atoms with Crippen molar-refractivity contribution in [2.45, 2.75) is 37.6 Å². The number of aromatic nitrogens is 2. The van der Waals surface area contributed by atoms with E-state index in [1.807, 2.05) is 4.90 Å². The second-order valence-electron chi connectivity index (χ2n) is 5.93. The van der Waals surface area contributed by atoms with E-state index >= 15 is 0 Å². The molecule has 2 fully saturated rings. The topological polar surface area (TPSA) is 59.2 Å². The summed E-state index contributed by atoms with van der Waals surface area (Å²) in [6.45, 7) is 0.706. The van der Waals surface area contributed by atoms with Gasteiger partial charge in [0, 0.05) is 23.0 Å². The highest BCUT2D eigenvalue weighted by Crippen LogP contribution is 2.40. The van der Waals surface area contributed by atoms with Crippen LogP contribution in [0.25, 0.3) is 0 Å². The van der Waals surface area contributed by atoms with Gasteiger partial charge in [-0.1, -0.05) is 22.8 Å². The fourth-order valence-corrected chi connectivity index (χ4v) is 3.13. The minimum absolute atomic E-state index is 0.0313. The van der Waals surface area contributed by atoms with Crippen LogP contribution in [-0.4, -0.2) is 27.5 Å². The average molecular weight is 318 g/mol. The van der Waals surface area contributed by atoms with Gasteiger partial charge in [-0.15, -0.1) is 0 Å². The van der Waals surface area contributed by atoms with Gasteiger partial charge < -0.3 is 9.42 Å². The molecule has 2 heterocycles. The SMILES string of the molecule is O=C(c1cccc(Cl)c1)N1CCCC1c1nc(C2CC2)no1. The van der Waals surface area contributed by atoms with Crippen LogP contribution in [0.2, 0.25) is 5.02 Å². The molecule has 1 aromatic carbocycles. The van der Waals surface area contributed by atoms with Crippen molar-refractivity contribution in [3.63, 3.8) is 0 Å². The van der Waals surface area contributed by atoms with Crippen LogP contribution in [0, 0.1) is 0 Å². The molecule has 1 aliphatic heterocycles. The molecule has 22 heavy (non-hydrogen) atoms. The summed E-state index contributed by atoms with van der Waals surface area (Å²) in [7, 11) is 0. The number of halogens is 1. The highest BCUT2D eigenvalue weighted by atomic mass is 35.5. The minimum atomic E-state index is -0.119. The van der Waals surface area contributed by atoms with E-state index in [0.717, 1.165) is 31.5 Å². The van der Waals surface area contributed by atoms with E-state index in [9.17, 15) is 4.79 Å². The summed E-state index contributed by atoms with van der Waals surface area (Å²) in [6.07, 6.45) is 4.07. The largest absolute Gasteiger partial charge is 0.337 e. The molecule has 1 amide bonds. The lowest BCUT2D eigenvalue weighted by molar-refractivity contribution is 0.0710. The standard InChI is InChI=1S/C16H16ClN3O2/c17-12-4-1-3-11(9-12)16(21)20-8-2-5-13(20)15-18-14(19-22-15)10-6-7-10/h1,3-4,9-10,13H,2,5-8H2. The molecule has 1 aromatic heterocycles. The van der Waals surface area contributed by atoms with Gasteiger partial charge in [0.2, 0.25) is 5.89 Å². The van der Waals surface area contributed by atoms with Crippen LogP contribution in [0.5, 0.6) is 0 Å². The smallest absolute Gasteiger partial charge is 0.254 e. The third-order valence-corrected chi connectivity index (χ3v) is 4.51. The van der Waals surface area contributed by atoms with E-state index in [1.165, 1.54) is 0 Å². The zero-order chi connectivity index (χ0) is 15.1. The Labute approximate surface area is 133 Å². The maximum atomic E-state index is 12.7. The van der Waals surface area contributed by atoms with Crippen molar-refractivity contribution in [2.75, 3.05) is 6.54 Å². The summed E-state index contributed by atoms with van der Waals surface area (Å²) in [6, 6.07) is 6.92. The molecule has 0 N–H and O–H groups in total. The van der Waals surface area contributed by atoms with Gasteiger partial charge in [0.05, 0.1) is 0 Å². The predicted octanol–water partition coefficient (Wildman–Crippen LogP) is 3.58. The van der Waals surface area contributed by atoms with Crippen LogP contribution >= 0.6 is 11.6 Å². The summed E-state index contributed by atoms with van der Waals surface area (Å²) in [5.74, 6) is 1.78. The maximum Gasteiger partial charge on any atom is 0.254 e. The first-order chi connectivity index (χ1) is 10.7. The molecule has 0 spiro atoms. The molecule has 1 aliphatic carbocycles. The van der Waals surface area contributed by atoms with Gasteiger partial charge in [-0.25, -0.2) is 0 Å². The number of benzene rings is 1. The third-order valence-electron chi connectivity index (χ3n) is 4.27. The van der Waals surface area contributed by atoms with Gasteiger partial charge in [-0.2, -0.15) is 4.98 Å². The molecule has 4 rings (SSSR count). The molecule has 0 radical (unpaired) electrons. The van der Waals surface area contributed by atoms with E-state index < -0.39 is 0 Å². The van der Waals surface area contributed by atoms with Crippen LogP contribution in [0.4, 0.5) is 0 Å². The highest BCUT2D eigenvalue weighted by molar-refractivity contribution is 6.30. The summed E-state index contributed by atoms with van der Waals surface area (Å²) in [5, 5.41) is 4.62. The van der Waals surface area contributed by atoms with Crippen molar-refractivity contribution in [3.8, 4) is 0 Å². The molecule has 1 saturated carbocycles. The number of carbonyl (C=O) groups excluding carboxylic acids is 1. The van der Waals surface area contributed by atoms with Gasteiger partial charge >= 0.3 is 0 Å². The first-order valence-corrected chi connectivity index (χ1v) is 8.00. The number of hydrogen-bond donors (Lipinski definition) is 0. The minimum Gasteiger partial charge on any atom is -0.337 e. The zero-order valence-corrected chi connectivity index (χ0v) is 12.8.